The van der Waals surface area contributed by atoms with Gasteiger partial charge in [-0.25, -0.2) is 8.42 Å². The summed E-state index contributed by atoms with van der Waals surface area (Å²) in [6.45, 7) is 3.17. The number of Topliss-reactive ketones (excluding diaryl/α,β-unsaturated/α-hetero) is 1. The van der Waals surface area contributed by atoms with E-state index in [1.54, 1.807) is 12.1 Å². The summed E-state index contributed by atoms with van der Waals surface area (Å²) in [7, 11) is -3.68. The third-order valence-electron chi connectivity index (χ3n) is 6.61. The van der Waals surface area contributed by atoms with Gasteiger partial charge in [0, 0.05) is 36.5 Å². The van der Waals surface area contributed by atoms with E-state index in [9.17, 15) is 18.0 Å². The first-order valence-corrected chi connectivity index (χ1v) is 12.5. The quantitative estimate of drug-likeness (QED) is 0.742. The first kappa shape index (κ1) is 21.3. The minimum absolute atomic E-state index is 0.000291. The Balaban J connectivity index is 1.54. The maximum atomic E-state index is 13.1. The van der Waals surface area contributed by atoms with Crippen molar-refractivity contribution in [2.75, 3.05) is 25.0 Å². The molecule has 2 bridgehead atoms. The van der Waals surface area contributed by atoms with E-state index in [1.165, 1.54) is 10.4 Å². The number of nitrogens with one attached hydrogen (secondary N) is 1. The van der Waals surface area contributed by atoms with E-state index in [0.717, 1.165) is 32.1 Å². The van der Waals surface area contributed by atoms with Gasteiger partial charge in [-0.3, -0.25) is 9.59 Å². The molecule has 8 heteroatoms. The van der Waals surface area contributed by atoms with Crippen LogP contribution in [0, 0.1) is 17.8 Å². The molecule has 0 aromatic heterocycles. The van der Waals surface area contributed by atoms with E-state index in [0.29, 0.717) is 49.8 Å². The molecule has 1 saturated heterocycles. The van der Waals surface area contributed by atoms with E-state index in [-0.39, 0.29) is 28.6 Å². The average molecular weight is 435 g/mol. The number of fused-ring (bicyclic) bond motifs is 2. The second-order valence-electron chi connectivity index (χ2n) is 8.59. The fraction of sp³-hybridized carbons (Fsp3) is 0.636. The van der Waals surface area contributed by atoms with Crippen LogP contribution < -0.4 is 10.1 Å². The number of amides is 1. The molecular formula is C22H30N2O5S. The zero-order chi connectivity index (χ0) is 21.3. The van der Waals surface area contributed by atoms with Crippen LogP contribution in [0.3, 0.4) is 0 Å². The van der Waals surface area contributed by atoms with Crippen molar-refractivity contribution in [2.45, 2.75) is 56.8 Å². The monoisotopic (exact) mass is 434 g/mol. The van der Waals surface area contributed by atoms with Gasteiger partial charge >= 0.3 is 0 Å². The van der Waals surface area contributed by atoms with Crippen LogP contribution >= 0.6 is 0 Å². The molecule has 1 aliphatic heterocycles. The van der Waals surface area contributed by atoms with Gasteiger partial charge in [0.2, 0.25) is 15.9 Å². The molecule has 1 heterocycles. The lowest BCUT2D eigenvalue weighted by molar-refractivity contribution is -0.136. The molecule has 3 fully saturated rings. The second-order valence-corrected chi connectivity index (χ2v) is 10.5. The molecule has 2 saturated carbocycles. The molecule has 4 rings (SSSR count). The maximum absolute atomic E-state index is 13.1. The SMILES string of the molecule is CCOc1ccc(NC(=O)C2CC3CCCC(C2)C3=O)cc1S(=O)(=O)N1CCCC1. The Morgan fingerprint density at radius 3 is 2.43 bits per heavy atom. The fourth-order valence-corrected chi connectivity index (χ4v) is 6.74. The minimum atomic E-state index is -3.68. The van der Waals surface area contributed by atoms with Crippen LogP contribution in [0.4, 0.5) is 5.69 Å². The average Bonchev–Trinajstić information content (AvgIpc) is 3.25. The van der Waals surface area contributed by atoms with Gasteiger partial charge in [0.1, 0.15) is 16.4 Å². The number of hydrogen-bond acceptors (Lipinski definition) is 5. The van der Waals surface area contributed by atoms with E-state index >= 15 is 0 Å². The number of hydrogen-bond donors (Lipinski definition) is 1. The Kier molecular flexibility index (Phi) is 6.16. The number of carbonyl (C=O) groups excluding carboxylic acids is 2. The molecule has 1 N–H and O–H groups in total. The molecule has 2 atom stereocenters. The Labute approximate surface area is 178 Å². The minimum Gasteiger partial charge on any atom is -0.492 e. The van der Waals surface area contributed by atoms with Crippen molar-refractivity contribution in [3.05, 3.63) is 18.2 Å². The standard InChI is InChI=1S/C22H30N2O5S/c1-2-29-19-9-8-18(14-20(19)30(27,28)24-10-3-4-11-24)23-22(26)17-12-15-6-5-7-16(13-17)21(15)25/h8-9,14-17H,2-7,10-13H2,1H3,(H,23,26). The number of ether oxygens (including phenoxy) is 1. The van der Waals surface area contributed by atoms with Crippen molar-refractivity contribution in [3.63, 3.8) is 0 Å². The number of ketones is 1. The number of anilines is 1. The topological polar surface area (TPSA) is 92.8 Å². The van der Waals surface area contributed by atoms with Crippen molar-refractivity contribution >= 4 is 27.4 Å². The molecule has 164 valence electrons. The molecule has 1 aromatic rings. The summed E-state index contributed by atoms with van der Waals surface area (Å²) in [5.74, 6) is 0.293. The number of rotatable bonds is 6. The van der Waals surface area contributed by atoms with Crippen LogP contribution in [0.15, 0.2) is 23.1 Å². The predicted molar refractivity (Wildman–Crippen MR) is 113 cm³/mol. The van der Waals surface area contributed by atoms with Gasteiger partial charge in [-0.2, -0.15) is 4.31 Å². The summed E-state index contributed by atoms with van der Waals surface area (Å²) >= 11 is 0. The van der Waals surface area contributed by atoms with Crippen LogP contribution in [0.25, 0.3) is 0 Å². The van der Waals surface area contributed by atoms with Crippen LogP contribution in [0.5, 0.6) is 5.75 Å². The predicted octanol–water partition coefficient (Wildman–Crippen LogP) is 3.20. The summed E-state index contributed by atoms with van der Waals surface area (Å²) in [6, 6.07) is 4.80. The molecule has 1 aromatic carbocycles. The molecule has 3 aliphatic rings. The Hall–Kier alpha value is -1.93. The van der Waals surface area contributed by atoms with Gasteiger partial charge in [0.15, 0.2) is 0 Å². The molecule has 7 nitrogen and oxygen atoms in total. The zero-order valence-corrected chi connectivity index (χ0v) is 18.2. The number of benzene rings is 1. The van der Waals surface area contributed by atoms with Gasteiger partial charge in [0.05, 0.1) is 6.61 Å². The molecular weight excluding hydrogens is 404 g/mol. The molecule has 1 amide bonds. The van der Waals surface area contributed by atoms with Crippen LogP contribution in [0.2, 0.25) is 0 Å². The van der Waals surface area contributed by atoms with Gasteiger partial charge in [-0.15, -0.1) is 0 Å². The summed E-state index contributed by atoms with van der Waals surface area (Å²) in [5.41, 5.74) is 0.447. The largest absolute Gasteiger partial charge is 0.492 e. The Morgan fingerprint density at radius 1 is 1.13 bits per heavy atom. The van der Waals surface area contributed by atoms with Crippen molar-refractivity contribution in [1.82, 2.24) is 4.31 Å². The maximum Gasteiger partial charge on any atom is 0.246 e. The summed E-state index contributed by atoms with van der Waals surface area (Å²) in [5, 5.41) is 2.90. The second kappa shape index (κ2) is 8.67. The molecule has 2 aliphatic carbocycles. The highest BCUT2D eigenvalue weighted by Gasteiger charge is 2.41. The first-order chi connectivity index (χ1) is 14.4. The van der Waals surface area contributed by atoms with Crippen molar-refractivity contribution in [3.8, 4) is 5.75 Å². The lowest BCUT2D eigenvalue weighted by atomic mass is 9.67. The Bertz CT molecular complexity index is 907. The third-order valence-corrected chi connectivity index (χ3v) is 8.53. The van der Waals surface area contributed by atoms with E-state index in [4.69, 9.17) is 4.74 Å². The van der Waals surface area contributed by atoms with Crippen molar-refractivity contribution < 1.29 is 22.7 Å². The van der Waals surface area contributed by atoms with Crippen molar-refractivity contribution in [2.24, 2.45) is 17.8 Å². The molecule has 0 spiro atoms. The number of sulfonamides is 1. The summed E-state index contributed by atoms with van der Waals surface area (Å²) in [6.07, 6.45) is 5.70. The van der Waals surface area contributed by atoms with Crippen molar-refractivity contribution in [1.29, 1.82) is 0 Å². The number of nitrogens with zero attached hydrogens (tertiary/aromatic N) is 1. The smallest absolute Gasteiger partial charge is 0.246 e. The van der Waals surface area contributed by atoms with Gasteiger partial charge in [0.25, 0.3) is 0 Å². The highest BCUT2D eigenvalue weighted by atomic mass is 32.2. The van der Waals surface area contributed by atoms with E-state index in [1.807, 2.05) is 6.92 Å². The molecule has 30 heavy (non-hydrogen) atoms. The highest BCUT2D eigenvalue weighted by molar-refractivity contribution is 7.89. The van der Waals surface area contributed by atoms with Crippen LogP contribution in [-0.4, -0.2) is 44.1 Å². The van der Waals surface area contributed by atoms with Gasteiger partial charge in [-0.05, 0) is 63.6 Å². The van der Waals surface area contributed by atoms with Crippen LogP contribution in [-0.2, 0) is 19.6 Å². The normalized spacial score (nSPS) is 27.1. The third kappa shape index (κ3) is 4.12. The summed E-state index contributed by atoms with van der Waals surface area (Å²) in [4.78, 5) is 25.3. The first-order valence-electron chi connectivity index (χ1n) is 11.0. The van der Waals surface area contributed by atoms with E-state index in [2.05, 4.69) is 5.32 Å². The lowest BCUT2D eigenvalue weighted by Gasteiger charge is -2.36. The Morgan fingerprint density at radius 2 is 1.80 bits per heavy atom. The lowest BCUT2D eigenvalue weighted by Crippen LogP contribution is -2.40. The molecule has 2 unspecified atom stereocenters. The number of carbonyl (C=O) groups is 2. The van der Waals surface area contributed by atoms with Crippen LogP contribution in [0.1, 0.15) is 51.9 Å². The zero-order valence-electron chi connectivity index (χ0n) is 17.4. The van der Waals surface area contributed by atoms with Gasteiger partial charge in [-0.1, -0.05) is 6.42 Å². The van der Waals surface area contributed by atoms with Gasteiger partial charge < -0.3 is 10.1 Å². The summed E-state index contributed by atoms with van der Waals surface area (Å²) < 4.78 is 33.3. The fourth-order valence-electron chi connectivity index (χ4n) is 5.07. The van der Waals surface area contributed by atoms with E-state index < -0.39 is 10.0 Å². The highest BCUT2D eigenvalue weighted by Crippen LogP contribution is 2.40. The molecule has 0 radical (unpaired) electrons.